The Morgan fingerprint density at radius 1 is 1.12 bits per heavy atom. The topological polar surface area (TPSA) is 51.2 Å². The van der Waals surface area contributed by atoms with Gasteiger partial charge in [0, 0.05) is 10.4 Å². The molecule has 26 heavy (non-hydrogen) atoms. The number of aryl methyl sites for hydroxylation is 3. The third-order valence-corrected chi connectivity index (χ3v) is 5.26. The van der Waals surface area contributed by atoms with E-state index in [4.69, 9.17) is 4.74 Å². The van der Waals surface area contributed by atoms with Gasteiger partial charge in [-0.1, -0.05) is 36.4 Å². The lowest BCUT2D eigenvalue weighted by molar-refractivity contribution is -0.123. The van der Waals surface area contributed by atoms with E-state index in [-0.39, 0.29) is 12.5 Å². The minimum atomic E-state index is -0.142. The van der Waals surface area contributed by atoms with E-state index in [2.05, 4.69) is 29.4 Å². The monoisotopic (exact) mass is 366 g/mol. The summed E-state index contributed by atoms with van der Waals surface area (Å²) in [5.41, 5.74) is 4.39. The smallest absolute Gasteiger partial charge is 0.258 e. The minimum Gasteiger partial charge on any atom is -0.484 e. The summed E-state index contributed by atoms with van der Waals surface area (Å²) in [7, 11) is 0. The van der Waals surface area contributed by atoms with E-state index < -0.39 is 0 Å². The average molecular weight is 366 g/mol. The van der Waals surface area contributed by atoms with Gasteiger partial charge in [0.1, 0.15) is 10.8 Å². The van der Waals surface area contributed by atoms with Crippen molar-refractivity contribution in [3.05, 3.63) is 70.2 Å². The second-order valence-corrected chi connectivity index (χ2v) is 7.31. The summed E-state index contributed by atoms with van der Waals surface area (Å²) in [5.74, 6) is 0.563. The molecule has 1 heterocycles. The third-order valence-electron chi connectivity index (χ3n) is 4.07. The van der Waals surface area contributed by atoms with Crippen LogP contribution in [0.3, 0.4) is 0 Å². The zero-order valence-electron chi connectivity index (χ0n) is 15.2. The molecule has 2 aromatic carbocycles. The Morgan fingerprint density at radius 3 is 2.69 bits per heavy atom. The van der Waals surface area contributed by atoms with Crippen LogP contribution in [0.25, 0.3) is 10.6 Å². The number of benzene rings is 2. The highest BCUT2D eigenvalue weighted by Gasteiger charge is 2.12. The molecule has 134 valence electrons. The third kappa shape index (κ3) is 4.49. The quantitative estimate of drug-likeness (QED) is 0.702. The summed E-state index contributed by atoms with van der Waals surface area (Å²) in [6.07, 6.45) is 0. The number of carbonyl (C=O) groups is 1. The molecule has 4 nitrogen and oxygen atoms in total. The molecule has 0 fully saturated rings. The van der Waals surface area contributed by atoms with E-state index >= 15 is 0 Å². The van der Waals surface area contributed by atoms with Crippen LogP contribution in [0.1, 0.15) is 21.7 Å². The van der Waals surface area contributed by atoms with E-state index in [1.807, 2.05) is 50.2 Å². The fourth-order valence-corrected chi connectivity index (χ4v) is 3.70. The lowest BCUT2D eigenvalue weighted by atomic mass is 10.1. The van der Waals surface area contributed by atoms with Gasteiger partial charge in [0.15, 0.2) is 6.61 Å². The predicted molar refractivity (Wildman–Crippen MR) is 106 cm³/mol. The summed E-state index contributed by atoms with van der Waals surface area (Å²) in [6.45, 7) is 6.52. The average Bonchev–Trinajstić information content (AvgIpc) is 2.99. The summed E-state index contributed by atoms with van der Waals surface area (Å²) in [6, 6.07) is 15.9. The Morgan fingerprint density at radius 2 is 1.92 bits per heavy atom. The molecule has 0 aliphatic heterocycles. The molecule has 0 spiro atoms. The van der Waals surface area contributed by atoms with Crippen LogP contribution in [0.15, 0.2) is 48.5 Å². The largest absolute Gasteiger partial charge is 0.484 e. The fourth-order valence-electron chi connectivity index (χ4n) is 2.60. The Balaban J connectivity index is 1.58. The van der Waals surface area contributed by atoms with Crippen molar-refractivity contribution < 1.29 is 9.53 Å². The molecule has 0 saturated carbocycles. The van der Waals surface area contributed by atoms with Crippen molar-refractivity contribution in [3.8, 4) is 16.3 Å². The van der Waals surface area contributed by atoms with Gasteiger partial charge in [-0.15, -0.1) is 11.3 Å². The number of nitrogens with zero attached hydrogens (tertiary/aromatic N) is 1. The van der Waals surface area contributed by atoms with Crippen LogP contribution in [0.4, 0.5) is 0 Å². The highest BCUT2D eigenvalue weighted by molar-refractivity contribution is 7.15. The second kappa shape index (κ2) is 8.15. The molecular weight excluding hydrogens is 344 g/mol. The maximum Gasteiger partial charge on any atom is 0.258 e. The molecule has 0 bridgehead atoms. The molecular formula is C21H22N2O2S. The standard InChI is InChI=1S/C21H22N2O2S/c1-14-7-6-9-17(11-14)25-13-20(24)22-12-19-16(3)23-21(26-19)18-10-5-4-8-15(18)2/h4-11H,12-13H2,1-3H3,(H,22,24). The lowest BCUT2D eigenvalue weighted by Crippen LogP contribution is -2.28. The molecule has 1 aromatic heterocycles. The molecule has 0 unspecified atom stereocenters. The second-order valence-electron chi connectivity index (χ2n) is 6.22. The first-order valence-corrected chi connectivity index (χ1v) is 9.33. The van der Waals surface area contributed by atoms with Crippen molar-refractivity contribution in [2.45, 2.75) is 27.3 Å². The number of aromatic nitrogens is 1. The van der Waals surface area contributed by atoms with E-state index in [1.54, 1.807) is 11.3 Å². The van der Waals surface area contributed by atoms with Crippen molar-refractivity contribution in [1.82, 2.24) is 10.3 Å². The van der Waals surface area contributed by atoms with Gasteiger partial charge in [-0.2, -0.15) is 0 Å². The van der Waals surface area contributed by atoms with E-state index in [1.165, 1.54) is 5.56 Å². The van der Waals surface area contributed by atoms with Crippen LogP contribution in [-0.4, -0.2) is 17.5 Å². The Labute approximate surface area is 157 Å². The van der Waals surface area contributed by atoms with Gasteiger partial charge >= 0.3 is 0 Å². The summed E-state index contributed by atoms with van der Waals surface area (Å²) < 4.78 is 5.53. The van der Waals surface area contributed by atoms with Crippen molar-refractivity contribution in [1.29, 1.82) is 0 Å². The molecule has 0 radical (unpaired) electrons. The van der Waals surface area contributed by atoms with Gasteiger partial charge in [-0.25, -0.2) is 4.98 Å². The summed E-state index contributed by atoms with van der Waals surface area (Å²) >= 11 is 1.62. The van der Waals surface area contributed by atoms with Gasteiger partial charge < -0.3 is 10.1 Å². The van der Waals surface area contributed by atoms with Gasteiger partial charge in [0.2, 0.25) is 0 Å². The summed E-state index contributed by atoms with van der Waals surface area (Å²) in [5, 5.41) is 3.90. The molecule has 1 N–H and O–H groups in total. The predicted octanol–water partition coefficient (Wildman–Crippen LogP) is 4.43. The minimum absolute atomic E-state index is 0.00591. The summed E-state index contributed by atoms with van der Waals surface area (Å²) in [4.78, 5) is 17.8. The number of ether oxygens (including phenoxy) is 1. The maximum absolute atomic E-state index is 12.1. The Kier molecular flexibility index (Phi) is 5.68. The number of nitrogens with one attached hydrogen (secondary N) is 1. The highest BCUT2D eigenvalue weighted by Crippen LogP contribution is 2.29. The molecule has 3 aromatic rings. The highest BCUT2D eigenvalue weighted by atomic mass is 32.1. The molecule has 0 aliphatic rings. The van der Waals surface area contributed by atoms with Crippen LogP contribution in [0.2, 0.25) is 0 Å². The first-order chi connectivity index (χ1) is 12.5. The van der Waals surface area contributed by atoms with Gasteiger partial charge in [-0.3, -0.25) is 4.79 Å². The number of rotatable bonds is 6. The van der Waals surface area contributed by atoms with E-state index in [0.717, 1.165) is 26.7 Å². The van der Waals surface area contributed by atoms with Crippen molar-refractivity contribution >= 4 is 17.2 Å². The maximum atomic E-state index is 12.1. The number of carbonyl (C=O) groups excluding carboxylic acids is 1. The van der Waals surface area contributed by atoms with Crippen LogP contribution in [0.5, 0.6) is 5.75 Å². The van der Waals surface area contributed by atoms with Crippen LogP contribution in [-0.2, 0) is 11.3 Å². The fraction of sp³-hybridized carbons (Fsp3) is 0.238. The molecule has 1 amide bonds. The Bertz CT molecular complexity index is 918. The number of amides is 1. The first-order valence-electron chi connectivity index (χ1n) is 8.51. The van der Waals surface area contributed by atoms with Crippen LogP contribution < -0.4 is 10.1 Å². The van der Waals surface area contributed by atoms with Crippen molar-refractivity contribution in [2.75, 3.05) is 6.61 Å². The molecule has 5 heteroatoms. The molecule has 0 atom stereocenters. The lowest BCUT2D eigenvalue weighted by Gasteiger charge is -2.07. The Hall–Kier alpha value is -2.66. The van der Waals surface area contributed by atoms with Crippen LogP contribution in [0, 0.1) is 20.8 Å². The van der Waals surface area contributed by atoms with E-state index in [0.29, 0.717) is 12.3 Å². The van der Waals surface area contributed by atoms with Gasteiger partial charge in [0.05, 0.1) is 12.2 Å². The number of hydrogen-bond acceptors (Lipinski definition) is 4. The van der Waals surface area contributed by atoms with Gasteiger partial charge in [0.25, 0.3) is 5.91 Å². The van der Waals surface area contributed by atoms with Gasteiger partial charge in [-0.05, 0) is 44.0 Å². The number of thiazole rings is 1. The zero-order valence-corrected chi connectivity index (χ0v) is 16.0. The van der Waals surface area contributed by atoms with Crippen LogP contribution >= 0.6 is 11.3 Å². The zero-order chi connectivity index (χ0) is 18.5. The number of hydrogen-bond donors (Lipinski definition) is 1. The molecule has 0 aliphatic carbocycles. The normalized spacial score (nSPS) is 10.6. The SMILES string of the molecule is Cc1cccc(OCC(=O)NCc2sc(-c3ccccc3C)nc2C)c1. The molecule has 0 saturated heterocycles. The van der Waals surface area contributed by atoms with E-state index in [9.17, 15) is 4.79 Å². The van der Waals surface area contributed by atoms with Crippen molar-refractivity contribution in [3.63, 3.8) is 0 Å². The molecule has 3 rings (SSSR count). The first kappa shape index (κ1) is 18.1. The van der Waals surface area contributed by atoms with Crippen molar-refractivity contribution in [2.24, 2.45) is 0 Å².